The van der Waals surface area contributed by atoms with E-state index < -0.39 is 53.3 Å². The highest BCUT2D eigenvalue weighted by atomic mass is 19.4. The van der Waals surface area contributed by atoms with Crippen LogP contribution in [0.4, 0.5) is 32.0 Å². The van der Waals surface area contributed by atoms with Gasteiger partial charge in [-0.3, -0.25) is 19.3 Å². The van der Waals surface area contributed by atoms with Crippen LogP contribution < -0.4 is 5.32 Å². The maximum absolute atomic E-state index is 12.8. The third-order valence-electron chi connectivity index (χ3n) is 3.59. The number of hydrogen-bond acceptors (Lipinski definition) is 3. The number of halogens is 6. The van der Waals surface area contributed by atoms with E-state index in [1.54, 1.807) is 0 Å². The second-order valence-corrected chi connectivity index (χ2v) is 5.53. The lowest BCUT2D eigenvalue weighted by atomic mass is 10.1. The molecule has 1 fully saturated rings. The summed E-state index contributed by atoms with van der Waals surface area (Å²) in [6.45, 7) is -0.297. The van der Waals surface area contributed by atoms with Crippen LogP contribution in [-0.2, 0) is 26.7 Å². The van der Waals surface area contributed by atoms with E-state index in [0.29, 0.717) is 12.1 Å². The number of imide groups is 1. The summed E-state index contributed by atoms with van der Waals surface area (Å²) >= 11 is 0. The quantitative estimate of drug-likeness (QED) is 0.643. The SMILES string of the molecule is O=C(CCN1C(=O)CCC1=O)Nc1cc(C(F)(F)F)cc(C(F)(F)F)c1. The molecule has 1 aromatic rings. The van der Waals surface area contributed by atoms with Crippen LogP contribution in [-0.4, -0.2) is 29.2 Å². The minimum absolute atomic E-state index is 0.00300. The third kappa shape index (κ3) is 4.73. The van der Waals surface area contributed by atoms with Gasteiger partial charge in [-0.25, -0.2) is 0 Å². The van der Waals surface area contributed by atoms with Crippen molar-refractivity contribution < 1.29 is 40.7 Å². The summed E-state index contributed by atoms with van der Waals surface area (Å²) in [6, 6.07) is 0.690. The predicted octanol–water partition coefficient (Wildman–Crippen LogP) is 3.20. The number of rotatable bonds is 4. The predicted molar refractivity (Wildman–Crippen MR) is 75.6 cm³/mol. The second-order valence-electron chi connectivity index (χ2n) is 5.53. The molecule has 0 atom stereocenters. The number of carbonyl (C=O) groups excluding carboxylic acids is 3. The zero-order chi connectivity index (χ0) is 19.7. The number of amides is 3. The topological polar surface area (TPSA) is 66.5 Å². The van der Waals surface area contributed by atoms with Crippen molar-refractivity contribution in [3.63, 3.8) is 0 Å². The molecule has 1 heterocycles. The first-order valence-corrected chi connectivity index (χ1v) is 7.30. The Bertz CT molecular complexity index is 694. The van der Waals surface area contributed by atoms with Gasteiger partial charge >= 0.3 is 12.4 Å². The van der Waals surface area contributed by atoms with E-state index >= 15 is 0 Å². The highest BCUT2D eigenvalue weighted by Crippen LogP contribution is 2.37. The fourth-order valence-corrected chi connectivity index (χ4v) is 2.34. The van der Waals surface area contributed by atoms with Crippen molar-refractivity contribution in [3.05, 3.63) is 29.3 Å². The van der Waals surface area contributed by atoms with Gasteiger partial charge in [-0.15, -0.1) is 0 Å². The molecule has 0 bridgehead atoms. The lowest BCUT2D eigenvalue weighted by Gasteiger charge is -2.16. The molecule has 2 rings (SSSR count). The smallest absolute Gasteiger partial charge is 0.326 e. The van der Waals surface area contributed by atoms with Gasteiger partial charge in [-0.05, 0) is 18.2 Å². The van der Waals surface area contributed by atoms with Crippen LogP contribution in [0.1, 0.15) is 30.4 Å². The van der Waals surface area contributed by atoms with Crippen LogP contribution in [0.2, 0.25) is 0 Å². The Morgan fingerprint density at radius 3 is 1.81 bits per heavy atom. The molecule has 142 valence electrons. The standard InChI is InChI=1S/C15H12F6N2O3/c16-14(17,18)8-5-9(15(19,20)21)7-10(6-8)22-11(24)3-4-23-12(25)1-2-13(23)26/h5-7H,1-4H2,(H,22,24). The number of alkyl halides is 6. The van der Waals surface area contributed by atoms with Crippen LogP contribution in [0.5, 0.6) is 0 Å². The number of anilines is 1. The Morgan fingerprint density at radius 2 is 1.38 bits per heavy atom. The normalized spacial score (nSPS) is 15.5. The van der Waals surface area contributed by atoms with E-state index in [2.05, 4.69) is 0 Å². The van der Waals surface area contributed by atoms with E-state index in [9.17, 15) is 40.7 Å². The summed E-state index contributed by atoms with van der Waals surface area (Å²) < 4.78 is 76.5. The molecule has 0 aromatic heterocycles. The average molecular weight is 382 g/mol. The lowest BCUT2D eigenvalue weighted by Crippen LogP contribution is -2.32. The summed E-state index contributed by atoms with van der Waals surface area (Å²) in [4.78, 5) is 35.4. The molecule has 1 aliphatic rings. The summed E-state index contributed by atoms with van der Waals surface area (Å²) in [5.41, 5.74) is -3.81. The van der Waals surface area contributed by atoms with Crippen molar-refractivity contribution in [2.75, 3.05) is 11.9 Å². The molecule has 0 radical (unpaired) electrons. The molecule has 0 spiro atoms. The molecule has 1 N–H and O–H groups in total. The summed E-state index contributed by atoms with van der Waals surface area (Å²) in [6.07, 6.45) is -10.5. The zero-order valence-electron chi connectivity index (χ0n) is 13.0. The number of benzene rings is 1. The molecular weight excluding hydrogens is 370 g/mol. The number of nitrogens with zero attached hydrogens (tertiary/aromatic N) is 1. The van der Waals surface area contributed by atoms with Gasteiger partial charge in [0.1, 0.15) is 0 Å². The van der Waals surface area contributed by atoms with Crippen molar-refractivity contribution in [3.8, 4) is 0 Å². The Kier molecular flexibility index (Phi) is 5.28. The van der Waals surface area contributed by atoms with Crippen LogP contribution in [0, 0.1) is 0 Å². The maximum Gasteiger partial charge on any atom is 0.416 e. The highest BCUT2D eigenvalue weighted by Gasteiger charge is 2.37. The van der Waals surface area contributed by atoms with Crippen LogP contribution in [0.25, 0.3) is 0 Å². The first-order valence-electron chi connectivity index (χ1n) is 7.30. The number of nitrogens with one attached hydrogen (secondary N) is 1. The fourth-order valence-electron chi connectivity index (χ4n) is 2.34. The molecule has 0 aliphatic carbocycles. The van der Waals surface area contributed by atoms with Crippen LogP contribution >= 0.6 is 0 Å². The third-order valence-corrected chi connectivity index (χ3v) is 3.59. The molecule has 1 saturated heterocycles. The van der Waals surface area contributed by atoms with Gasteiger partial charge in [0.15, 0.2) is 0 Å². The van der Waals surface area contributed by atoms with Gasteiger partial charge in [0.05, 0.1) is 11.1 Å². The lowest BCUT2D eigenvalue weighted by molar-refractivity contribution is -0.143. The Morgan fingerprint density at radius 1 is 0.923 bits per heavy atom. The van der Waals surface area contributed by atoms with E-state index in [1.807, 2.05) is 5.32 Å². The Labute approximate surface area is 142 Å². The molecule has 11 heteroatoms. The largest absolute Gasteiger partial charge is 0.416 e. The van der Waals surface area contributed by atoms with E-state index in [-0.39, 0.29) is 25.5 Å². The zero-order valence-corrected chi connectivity index (χ0v) is 13.0. The maximum atomic E-state index is 12.8. The Balaban J connectivity index is 2.13. The number of hydrogen-bond donors (Lipinski definition) is 1. The van der Waals surface area contributed by atoms with Gasteiger partial charge < -0.3 is 5.32 Å². The first kappa shape index (κ1) is 19.7. The van der Waals surface area contributed by atoms with Crippen molar-refractivity contribution in [1.29, 1.82) is 0 Å². The first-order chi connectivity index (χ1) is 11.9. The van der Waals surface area contributed by atoms with Crippen molar-refractivity contribution in [1.82, 2.24) is 4.90 Å². The molecule has 5 nitrogen and oxygen atoms in total. The molecule has 0 saturated carbocycles. The number of likely N-dealkylation sites (tertiary alicyclic amines) is 1. The Hall–Kier alpha value is -2.59. The van der Waals surface area contributed by atoms with Gasteiger partial charge in [0.2, 0.25) is 17.7 Å². The molecule has 3 amide bonds. The van der Waals surface area contributed by atoms with Crippen molar-refractivity contribution >= 4 is 23.4 Å². The molecule has 1 aromatic carbocycles. The summed E-state index contributed by atoms with van der Waals surface area (Å²) in [5.74, 6) is -1.90. The van der Waals surface area contributed by atoms with Crippen molar-refractivity contribution in [2.45, 2.75) is 31.6 Å². The van der Waals surface area contributed by atoms with E-state index in [4.69, 9.17) is 0 Å². The van der Waals surface area contributed by atoms with Gasteiger partial charge in [-0.1, -0.05) is 0 Å². The van der Waals surface area contributed by atoms with E-state index in [1.165, 1.54) is 0 Å². The average Bonchev–Trinajstić information content (AvgIpc) is 2.82. The molecular formula is C15H12F6N2O3. The fraction of sp³-hybridized carbons (Fsp3) is 0.400. The minimum Gasteiger partial charge on any atom is -0.326 e. The summed E-state index contributed by atoms with van der Waals surface area (Å²) in [7, 11) is 0. The highest BCUT2D eigenvalue weighted by molar-refractivity contribution is 6.02. The van der Waals surface area contributed by atoms with Gasteiger partial charge in [0, 0.05) is 31.5 Å². The minimum atomic E-state index is -5.03. The van der Waals surface area contributed by atoms with Gasteiger partial charge in [0.25, 0.3) is 0 Å². The molecule has 1 aliphatic heterocycles. The van der Waals surface area contributed by atoms with Crippen LogP contribution in [0.15, 0.2) is 18.2 Å². The number of carbonyl (C=O) groups is 3. The molecule has 0 unspecified atom stereocenters. The summed E-state index contributed by atoms with van der Waals surface area (Å²) in [5, 5.41) is 1.93. The second kappa shape index (κ2) is 6.96. The monoisotopic (exact) mass is 382 g/mol. The van der Waals surface area contributed by atoms with E-state index in [0.717, 1.165) is 4.90 Å². The van der Waals surface area contributed by atoms with Crippen LogP contribution in [0.3, 0.4) is 0 Å². The van der Waals surface area contributed by atoms with Gasteiger partial charge in [-0.2, -0.15) is 26.3 Å². The molecule has 26 heavy (non-hydrogen) atoms. The van der Waals surface area contributed by atoms with Crippen molar-refractivity contribution in [2.24, 2.45) is 0 Å².